The van der Waals surface area contributed by atoms with Gasteiger partial charge in [-0.25, -0.2) is 12.8 Å². The van der Waals surface area contributed by atoms with Crippen molar-refractivity contribution in [2.75, 3.05) is 10.6 Å². The Kier molecular flexibility index (Phi) is 6.28. The summed E-state index contributed by atoms with van der Waals surface area (Å²) in [5, 5.41) is 3.10. The normalized spacial score (nSPS) is 15.6. The molecule has 1 atom stereocenters. The Morgan fingerprint density at radius 3 is 2.44 bits per heavy atom. The van der Waals surface area contributed by atoms with E-state index in [1.807, 2.05) is 12.1 Å². The van der Waals surface area contributed by atoms with Gasteiger partial charge >= 0.3 is 0 Å². The van der Waals surface area contributed by atoms with Crippen LogP contribution in [0.1, 0.15) is 45.9 Å². The number of fused-ring (bicyclic) bond motifs is 1. The predicted octanol–water partition coefficient (Wildman–Crippen LogP) is 4.60. The van der Waals surface area contributed by atoms with E-state index in [-0.39, 0.29) is 24.1 Å². The fraction of sp³-hybridized carbons (Fsp3) is 0.240. The van der Waals surface area contributed by atoms with E-state index in [1.165, 1.54) is 11.6 Å². The van der Waals surface area contributed by atoms with E-state index >= 15 is 0 Å². The molecule has 4 rings (SSSR count). The predicted molar refractivity (Wildman–Crippen MR) is 123 cm³/mol. The highest BCUT2D eigenvalue weighted by atomic mass is 32.2. The molecule has 0 aromatic heterocycles. The number of halogens is 1. The van der Waals surface area contributed by atoms with Crippen molar-refractivity contribution in [1.29, 1.82) is 0 Å². The Bertz CT molecular complexity index is 1230. The first-order valence-corrected chi connectivity index (χ1v) is 12.4. The molecule has 0 spiro atoms. The number of aryl methyl sites for hydroxylation is 1. The Labute approximate surface area is 187 Å². The van der Waals surface area contributed by atoms with Crippen LogP contribution in [0, 0.1) is 5.82 Å². The van der Waals surface area contributed by atoms with Gasteiger partial charge in [-0.2, -0.15) is 0 Å². The molecule has 0 heterocycles. The number of carbonyl (C=O) groups excluding carboxylic acids is 1. The van der Waals surface area contributed by atoms with Gasteiger partial charge in [-0.15, -0.1) is 0 Å². The highest BCUT2D eigenvalue weighted by Crippen LogP contribution is 2.30. The summed E-state index contributed by atoms with van der Waals surface area (Å²) in [4.78, 5) is 12.8. The van der Waals surface area contributed by atoms with E-state index in [9.17, 15) is 17.6 Å². The Morgan fingerprint density at radius 2 is 1.72 bits per heavy atom. The first-order chi connectivity index (χ1) is 15.3. The molecular formula is C25H25FN2O3S. The second-order valence-electron chi connectivity index (χ2n) is 8.03. The molecule has 1 aliphatic rings. The summed E-state index contributed by atoms with van der Waals surface area (Å²) in [5.41, 5.74) is 3.50. The van der Waals surface area contributed by atoms with Crippen molar-refractivity contribution in [3.05, 3.63) is 101 Å². The summed E-state index contributed by atoms with van der Waals surface area (Å²) in [6.07, 6.45) is 3.99. The molecule has 0 fully saturated rings. The Morgan fingerprint density at radius 1 is 1.03 bits per heavy atom. The van der Waals surface area contributed by atoms with Crippen LogP contribution in [-0.4, -0.2) is 20.6 Å². The summed E-state index contributed by atoms with van der Waals surface area (Å²) >= 11 is 0. The molecule has 1 amide bonds. The zero-order chi connectivity index (χ0) is 22.7. The van der Waals surface area contributed by atoms with Crippen molar-refractivity contribution in [2.24, 2.45) is 0 Å². The van der Waals surface area contributed by atoms with Gasteiger partial charge in [-0.1, -0.05) is 42.5 Å². The molecule has 1 N–H and O–H groups in total. The number of nitrogens with zero attached hydrogens (tertiary/aromatic N) is 1. The molecule has 3 aromatic rings. The van der Waals surface area contributed by atoms with E-state index in [2.05, 4.69) is 17.4 Å². The molecule has 1 aliphatic carbocycles. The molecular weight excluding hydrogens is 427 g/mol. The van der Waals surface area contributed by atoms with Crippen LogP contribution in [0.4, 0.5) is 10.1 Å². The van der Waals surface area contributed by atoms with Gasteiger partial charge in [0.05, 0.1) is 24.5 Å². The lowest BCUT2D eigenvalue weighted by Gasteiger charge is -2.26. The molecule has 7 heteroatoms. The third-order valence-corrected chi connectivity index (χ3v) is 6.90. The van der Waals surface area contributed by atoms with Crippen LogP contribution >= 0.6 is 0 Å². The number of anilines is 1. The minimum absolute atomic E-state index is 0.0410. The van der Waals surface area contributed by atoms with E-state index in [1.54, 1.807) is 42.5 Å². The first-order valence-electron chi connectivity index (χ1n) is 10.5. The molecule has 0 saturated heterocycles. The molecule has 0 radical (unpaired) electrons. The van der Waals surface area contributed by atoms with E-state index in [4.69, 9.17) is 0 Å². The van der Waals surface area contributed by atoms with E-state index in [0.717, 1.165) is 35.4 Å². The fourth-order valence-electron chi connectivity index (χ4n) is 4.11. The summed E-state index contributed by atoms with van der Waals surface area (Å²) in [6.45, 7) is -0.129. The standard InChI is InChI=1S/C25H25FN2O3S/c1-32(30,31)28(17-20-8-3-5-11-23(20)26)21-15-13-19(14-16-21)25(29)27-24-12-6-9-18-7-2-4-10-22(18)24/h2-5,7-8,10-11,13-16,24H,6,9,12,17H2,1H3,(H,27,29)/t24-/m1/s1. The second-order valence-corrected chi connectivity index (χ2v) is 9.93. The first kappa shape index (κ1) is 22.0. The van der Waals surface area contributed by atoms with Gasteiger partial charge in [0, 0.05) is 11.1 Å². The number of amides is 1. The van der Waals surface area contributed by atoms with Gasteiger partial charge in [0.1, 0.15) is 5.82 Å². The number of carbonyl (C=O) groups is 1. The van der Waals surface area contributed by atoms with Crippen molar-refractivity contribution in [1.82, 2.24) is 5.32 Å². The molecule has 5 nitrogen and oxygen atoms in total. The van der Waals surface area contributed by atoms with Crippen molar-refractivity contribution >= 4 is 21.6 Å². The average molecular weight is 453 g/mol. The highest BCUT2D eigenvalue weighted by molar-refractivity contribution is 7.92. The minimum atomic E-state index is -3.66. The fourth-order valence-corrected chi connectivity index (χ4v) is 4.98. The van der Waals surface area contributed by atoms with Gasteiger partial charge in [0.15, 0.2) is 0 Å². The lowest BCUT2D eigenvalue weighted by atomic mass is 9.87. The number of rotatable bonds is 6. The van der Waals surface area contributed by atoms with Crippen LogP contribution in [0.15, 0.2) is 72.8 Å². The smallest absolute Gasteiger partial charge is 0.251 e. The molecule has 32 heavy (non-hydrogen) atoms. The quantitative estimate of drug-likeness (QED) is 0.595. The van der Waals surface area contributed by atoms with Crippen molar-refractivity contribution in [2.45, 2.75) is 31.8 Å². The van der Waals surface area contributed by atoms with Crippen LogP contribution < -0.4 is 9.62 Å². The molecule has 0 aliphatic heterocycles. The molecule has 0 bridgehead atoms. The van der Waals surface area contributed by atoms with Gasteiger partial charge in [-0.3, -0.25) is 9.10 Å². The number of hydrogen-bond donors (Lipinski definition) is 1. The summed E-state index contributed by atoms with van der Waals surface area (Å²) in [7, 11) is -3.66. The van der Waals surface area contributed by atoms with E-state index in [0.29, 0.717) is 11.3 Å². The van der Waals surface area contributed by atoms with Gasteiger partial charge in [0.2, 0.25) is 10.0 Å². The van der Waals surface area contributed by atoms with Crippen LogP contribution in [0.25, 0.3) is 0 Å². The van der Waals surface area contributed by atoms with Gasteiger partial charge in [0.25, 0.3) is 5.91 Å². The third-order valence-electron chi connectivity index (χ3n) is 5.76. The van der Waals surface area contributed by atoms with Gasteiger partial charge in [-0.05, 0) is 60.7 Å². The second kappa shape index (κ2) is 9.12. The summed E-state index contributed by atoms with van der Waals surface area (Å²) in [6, 6.07) is 20.5. The molecule has 0 unspecified atom stereocenters. The van der Waals surface area contributed by atoms with Crippen LogP contribution in [-0.2, 0) is 23.0 Å². The highest BCUT2D eigenvalue weighted by Gasteiger charge is 2.23. The number of hydrogen-bond acceptors (Lipinski definition) is 3. The van der Waals surface area contributed by atoms with E-state index < -0.39 is 15.8 Å². The largest absolute Gasteiger partial charge is 0.345 e. The van der Waals surface area contributed by atoms with Crippen molar-refractivity contribution < 1.29 is 17.6 Å². The Hall–Kier alpha value is -3.19. The monoisotopic (exact) mass is 452 g/mol. The van der Waals surface area contributed by atoms with Crippen LogP contribution in [0.5, 0.6) is 0 Å². The molecule has 166 valence electrons. The topological polar surface area (TPSA) is 66.5 Å². The average Bonchev–Trinajstić information content (AvgIpc) is 2.78. The van der Waals surface area contributed by atoms with Crippen LogP contribution in [0.3, 0.4) is 0 Å². The zero-order valence-electron chi connectivity index (χ0n) is 17.8. The number of benzene rings is 3. The molecule has 0 saturated carbocycles. The maximum Gasteiger partial charge on any atom is 0.251 e. The maximum absolute atomic E-state index is 14.1. The van der Waals surface area contributed by atoms with Crippen LogP contribution in [0.2, 0.25) is 0 Å². The summed E-state index contributed by atoms with van der Waals surface area (Å²) < 4.78 is 39.9. The lowest BCUT2D eigenvalue weighted by Crippen LogP contribution is -2.31. The summed E-state index contributed by atoms with van der Waals surface area (Å²) in [5.74, 6) is -0.678. The Balaban J connectivity index is 1.52. The number of nitrogens with one attached hydrogen (secondary N) is 1. The lowest BCUT2D eigenvalue weighted by molar-refractivity contribution is 0.0932. The SMILES string of the molecule is CS(=O)(=O)N(Cc1ccccc1F)c1ccc(C(=O)N[C@@H]2CCCc3ccccc32)cc1. The third kappa shape index (κ3) is 4.83. The zero-order valence-corrected chi connectivity index (χ0v) is 18.6. The van der Waals surface area contributed by atoms with Crippen molar-refractivity contribution in [3.63, 3.8) is 0 Å². The van der Waals surface area contributed by atoms with Gasteiger partial charge < -0.3 is 5.32 Å². The molecule has 3 aromatic carbocycles. The maximum atomic E-state index is 14.1. The minimum Gasteiger partial charge on any atom is -0.345 e. The number of sulfonamides is 1. The van der Waals surface area contributed by atoms with Crippen molar-refractivity contribution in [3.8, 4) is 0 Å².